The van der Waals surface area contributed by atoms with E-state index < -0.39 is 11.9 Å². The fourth-order valence-corrected chi connectivity index (χ4v) is 2.09. The molecule has 1 aliphatic heterocycles. The van der Waals surface area contributed by atoms with Crippen molar-refractivity contribution in [3.8, 4) is 0 Å². The Morgan fingerprint density at radius 1 is 1.56 bits per heavy atom. The summed E-state index contributed by atoms with van der Waals surface area (Å²) in [6.07, 6.45) is 0.870. The minimum absolute atomic E-state index is 0.0488. The summed E-state index contributed by atoms with van der Waals surface area (Å²) in [5.74, 6) is -0.874. The molecule has 1 fully saturated rings. The Bertz CT molecular complexity index is 507. The van der Waals surface area contributed by atoms with Gasteiger partial charge in [-0.05, 0) is 24.6 Å². The van der Waals surface area contributed by atoms with Crippen LogP contribution in [0.2, 0.25) is 5.02 Å². The van der Waals surface area contributed by atoms with E-state index in [4.69, 9.17) is 11.6 Å². The predicted molar refractivity (Wildman–Crippen MR) is 65.8 cm³/mol. The van der Waals surface area contributed by atoms with Gasteiger partial charge in [-0.2, -0.15) is 0 Å². The van der Waals surface area contributed by atoms with Crippen LogP contribution in [-0.2, 0) is 9.59 Å². The van der Waals surface area contributed by atoms with Crippen LogP contribution in [0.3, 0.4) is 0 Å². The van der Waals surface area contributed by atoms with Gasteiger partial charge in [0.25, 0.3) is 0 Å². The van der Waals surface area contributed by atoms with Crippen molar-refractivity contribution < 1.29 is 14.0 Å². The number of hydrogen-bond donors (Lipinski definition) is 1. The molecule has 96 valence electrons. The maximum atomic E-state index is 13.0. The summed E-state index contributed by atoms with van der Waals surface area (Å²) in [6, 6.07) is 3.48. The Morgan fingerprint density at radius 2 is 2.28 bits per heavy atom. The molecule has 1 unspecified atom stereocenters. The van der Waals surface area contributed by atoms with Crippen LogP contribution in [-0.4, -0.2) is 29.8 Å². The number of carbonyl (C=O) groups excluding carboxylic acids is 2. The number of benzene rings is 1. The number of halogens is 2. The van der Waals surface area contributed by atoms with Gasteiger partial charge < -0.3 is 10.2 Å². The second kappa shape index (κ2) is 4.94. The summed E-state index contributed by atoms with van der Waals surface area (Å²) in [4.78, 5) is 24.7. The van der Waals surface area contributed by atoms with Crippen LogP contribution in [0.4, 0.5) is 10.1 Å². The zero-order valence-corrected chi connectivity index (χ0v) is 10.5. The molecule has 4 nitrogen and oxygen atoms in total. The smallest absolute Gasteiger partial charge is 0.247 e. The molecule has 0 bridgehead atoms. The fraction of sp³-hybridized carbons (Fsp3) is 0.333. The maximum Gasteiger partial charge on any atom is 0.247 e. The standard InChI is InChI=1S/C12H12ClFN2O2/c1-16-10(4-5-11(16)17)12(18)15-7-2-3-9(14)8(13)6-7/h2-3,6,10H,4-5H2,1H3,(H,15,18). The van der Waals surface area contributed by atoms with Crippen molar-refractivity contribution in [2.24, 2.45) is 0 Å². The molecule has 1 N–H and O–H groups in total. The van der Waals surface area contributed by atoms with Gasteiger partial charge in [0.15, 0.2) is 0 Å². The minimum atomic E-state index is -0.539. The van der Waals surface area contributed by atoms with E-state index >= 15 is 0 Å². The average molecular weight is 271 g/mol. The van der Waals surface area contributed by atoms with Gasteiger partial charge in [0.05, 0.1) is 5.02 Å². The molecule has 1 aromatic rings. The van der Waals surface area contributed by atoms with Crippen molar-refractivity contribution in [3.05, 3.63) is 29.0 Å². The van der Waals surface area contributed by atoms with E-state index in [0.29, 0.717) is 18.5 Å². The molecular formula is C12H12ClFN2O2. The molecular weight excluding hydrogens is 259 g/mol. The van der Waals surface area contributed by atoms with Gasteiger partial charge in [0.1, 0.15) is 11.9 Å². The van der Waals surface area contributed by atoms with Gasteiger partial charge in [-0.15, -0.1) is 0 Å². The highest BCUT2D eigenvalue weighted by atomic mass is 35.5. The van der Waals surface area contributed by atoms with Crippen LogP contribution >= 0.6 is 11.6 Å². The molecule has 2 rings (SSSR count). The third-order valence-corrected chi connectivity index (χ3v) is 3.27. The molecule has 0 aliphatic carbocycles. The number of rotatable bonds is 2. The zero-order chi connectivity index (χ0) is 13.3. The molecule has 1 aromatic carbocycles. The van der Waals surface area contributed by atoms with Crippen molar-refractivity contribution in [2.75, 3.05) is 12.4 Å². The summed E-state index contributed by atoms with van der Waals surface area (Å²) < 4.78 is 13.0. The number of carbonyl (C=O) groups is 2. The molecule has 6 heteroatoms. The number of anilines is 1. The van der Waals surface area contributed by atoms with Crippen LogP contribution in [0.25, 0.3) is 0 Å². The van der Waals surface area contributed by atoms with E-state index in [-0.39, 0.29) is 16.8 Å². The van der Waals surface area contributed by atoms with Gasteiger partial charge in [0, 0.05) is 19.2 Å². The van der Waals surface area contributed by atoms with Crippen molar-refractivity contribution >= 4 is 29.1 Å². The summed E-state index contributed by atoms with van der Waals surface area (Å²) >= 11 is 5.62. The van der Waals surface area contributed by atoms with Crippen molar-refractivity contribution in [1.82, 2.24) is 4.90 Å². The van der Waals surface area contributed by atoms with Crippen LogP contribution < -0.4 is 5.32 Å². The van der Waals surface area contributed by atoms with Gasteiger partial charge >= 0.3 is 0 Å². The first kappa shape index (κ1) is 12.8. The molecule has 1 aliphatic rings. The van der Waals surface area contributed by atoms with E-state index in [9.17, 15) is 14.0 Å². The van der Waals surface area contributed by atoms with Gasteiger partial charge in [-0.25, -0.2) is 4.39 Å². The lowest BCUT2D eigenvalue weighted by molar-refractivity contribution is -0.131. The highest BCUT2D eigenvalue weighted by Crippen LogP contribution is 2.22. The summed E-state index contributed by atoms with van der Waals surface area (Å²) in [5.41, 5.74) is 0.416. The molecule has 0 saturated carbocycles. The number of likely N-dealkylation sites (tertiary alicyclic amines) is 1. The molecule has 0 spiro atoms. The second-order valence-corrected chi connectivity index (χ2v) is 4.58. The number of nitrogens with zero attached hydrogens (tertiary/aromatic N) is 1. The summed E-state index contributed by atoms with van der Waals surface area (Å²) in [7, 11) is 1.59. The Hall–Kier alpha value is -1.62. The Kier molecular flexibility index (Phi) is 3.52. The molecule has 1 saturated heterocycles. The van der Waals surface area contributed by atoms with Crippen LogP contribution in [0, 0.1) is 5.82 Å². The number of hydrogen-bond acceptors (Lipinski definition) is 2. The molecule has 0 aromatic heterocycles. The first-order chi connectivity index (χ1) is 8.49. The predicted octanol–water partition coefficient (Wildman–Crippen LogP) is 2.04. The zero-order valence-electron chi connectivity index (χ0n) is 9.74. The normalized spacial score (nSPS) is 19.2. The van der Waals surface area contributed by atoms with Crippen molar-refractivity contribution in [3.63, 3.8) is 0 Å². The van der Waals surface area contributed by atoms with Crippen LogP contribution in [0.15, 0.2) is 18.2 Å². The molecule has 2 amide bonds. The number of nitrogens with one attached hydrogen (secondary N) is 1. The van der Waals surface area contributed by atoms with E-state index in [0.717, 1.165) is 0 Å². The Balaban J connectivity index is 2.07. The average Bonchev–Trinajstić information content (AvgIpc) is 2.65. The summed E-state index contributed by atoms with van der Waals surface area (Å²) in [5, 5.41) is 2.57. The van der Waals surface area contributed by atoms with Crippen LogP contribution in [0.5, 0.6) is 0 Å². The Morgan fingerprint density at radius 3 is 2.83 bits per heavy atom. The number of likely N-dealkylation sites (N-methyl/N-ethyl adjacent to an activating group) is 1. The van der Waals surface area contributed by atoms with Gasteiger partial charge in [0.2, 0.25) is 11.8 Å². The van der Waals surface area contributed by atoms with Crippen molar-refractivity contribution in [1.29, 1.82) is 0 Å². The number of amides is 2. The van der Waals surface area contributed by atoms with E-state index in [2.05, 4.69) is 5.32 Å². The van der Waals surface area contributed by atoms with Gasteiger partial charge in [-0.1, -0.05) is 11.6 Å². The topological polar surface area (TPSA) is 49.4 Å². The lowest BCUT2D eigenvalue weighted by atomic mass is 10.2. The SMILES string of the molecule is CN1C(=O)CCC1C(=O)Nc1ccc(F)c(Cl)c1. The first-order valence-corrected chi connectivity index (χ1v) is 5.88. The quantitative estimate of drug-likeness (QED) is 0.894. The highest BCUT2D eigenvalue weighted by Gasteiger charge is 2.33. The summed E-state index contributed by atoms with van der Waals surface area (Å²) in [6.45, 7) is 0. The monoisotopic (exact) mass is 270 g/mol. The van der Waals surface area contributed by atoms with Crippen molar-refractivity contribution in [2.45, 2.75) is 18.9 Å². The molecule has 18 heavy (non-hydrogen) atoms. The van der Waals surface area contributed by atoms with E-state index in [1.54, 1.807) is 7.05 Å². The van der Waals surface area contributed by atoms with E-state index in [1.807, 2.05) is 0 Å². The second-order valence-electron chi connectivity index (χ2n) is 4.18. The maximum absolute atomic E-state index is 13.0. The molecule has 1 heterocycles. The molecule has 0 radical (unpaired) electrons. The first-order valence-electron chi connectivity index (χ1n) is 5.50. The van der Waals surface area contributed by atoms with E-state index in [1.165, 1.54) is 23.1 Å². The fourth-order valence-electron chi connectivity index (χ4n) is 1.91. The largest absolute Gasteiger partial charge is 0.334 e. The van der Waals surface area contributed by atoms with Gasteiger partial charge in [-0.3, -0.25) is 9.59 Å². The highest BCUT2D eigenvalue weighted by molar-refractivity contribution is 6.31. The Labute approximate surface area is 109 Å². The third kappa shape index (κ3) is 2.46. The minimum Gasteiger partial charge on any atom is -0.334 e. The lowest BCUT2D eigenvalue weighted by Crippen LogP contribution is -2.38. The lowest BCUT2D eigenvalue weighted by Gasteiger charge is -2.19. The molecule has 1 atom stereocenters. The van der Waals surface area contributed by atoms with Crippen LogP contribution in [0.1, 0.15) is 12.8 Å². The third-order valence-electron chi connectivity index (χ3n) is 2.98.